The lowest BCUT2D eigenvalue weighted by Crippen LogP contribution is -2.17. The van der Waals surface area contributed by atoms with Gasteiger partial charge in [-0.05, 0) is 50.2 Å². The SMILES string of the molecule is C=CC1CCCC(COSc2ccc(C)cc2)C1. The van der Waals surface area contributed by atoms with E-state index in [0.717, 1.165) is 6.61 Å². The molecular formula is C16H22OS. The fourth-order valence-corrected chi connectivity index (χ4v) is 3.13. The van der Waals surface area contributed by atoms with Crippen molar-refractivity contribution in [2.24, 2.45) is 11.8 Å². The third-order valence-corrected chi connectivity index (χ3v) is 4.36. The molecule has 1 aromatic carbocycles. The maximum atomic E-state index is 5.77. The van der Waals surface area contributed by atoms with Crippen LogP contribution in [0, 0.1) is 18.8 Å². The summed E-state index contributed by atoms with van der Waals surface area (Å²) in [6, 6.07) is 8.49. The van der Waals surface area contributed by atoms with E-state index in [2.05, 4.69) is 43.8 Å². The molecule has 0 bridgehead atoms. The number of allylic oxidation sites excluding steroid dienone is 1. The van der Waals surface area contributed by atoms with Gasteiger partial charge in [-0.1, -0.05) is 30.2 Å². The van der Waals surface area contributed by atoms with Crippen molar-refractivity contribution in [3.05, 3.63) is 42.5 Å². The van der Waals surface area contributed by atoms with Gasteiger partial charge in [0.25, 0.3) is 0 Å². The van der Waals surface area contributed by atoms with Crippen LogP contribution in [-0.2, 0) is 4.18 Å². The topological polar surface area (TPSA) is 9.23 Å². The number of aryl methyl sites for hydroxylation is 1. The first kappa shape index (κ1) is 13.7. The van der Waals surface area contributed by atoms with E-state index < -0.39 is 0 Å². The van der Waals surface area contributed by atoms with Gasteiger partial charge in [-0.2, -0.15) is 0 Å². The van der Waals surface area contributed by atoms with Crippen LogP contribution >= 0.6 is 12.0 Å². The molecule has 0 aromatic heterocycles. The fourth-order valence-electron chi connectivity index (χ4n) is 2.49. The number of hydrogen-bond donors (Lipinski definition) is 0. The number of rotatable bonds is 5. The van der Waals surface area contributed by atoms with Crippen LogP contribution in [0.25, 0.3) is 0 Å². The fraction of sp³-hybridized carbons (Fsp3) is 0.500. The molecule has 0 heterocycles. The summed E-state index contributed by atoms with van der Waals surface area (Å²) in [5.74, 6) is 1.41. The van der Waals surface area contributed by atoms with Crippen molar-refractivity contribution in [1.82, 2.24) is 0 Å². The molecule has 2 unspecified atom stereocenters. The Morgan fingerprint density at radius 2 is 2.11 bits per heavy atom. The third kappa shape index (κ3) is 4.18. The highest BCUT2D eigenvalue weighted by molar-refractivity contribution is 7.94. The van der Waals surface area contributed by atoms with Crippen molar-refractivity contribution in [2.45, 2.75) is 37.5 Å². The van der Waals surface area contributed by atoms with E-state index in [9.17, 15) is 0 Å². The normalized spacial score (nSPS) is 23.8. The van der Waals surface area contributed by atoms with Gasteiger partial charge in [0.2, 0.25) is 0 Å². The summed E-state index contributed by atoms with van der Waals surface area (Å²) in [6.45, 7) is 6.88. The van der Waals surface area contributed by atoms with Crippen LogP contribution in [0.2, 0.25) is 0 Å². The molecule has 1 aliphatic rings. The summed E-state index contributed by atoms with van der Waals surface area (Å²) in [4.78, 5) is 1.19. The van der Waals surface area contributed by atoms with Gasteiger partial charge in [0.15, 0.2) is 0 Å². The van der Waals surface area contributed by atoms with E-state index in [0.29, 0.717) is 11.8 Å². The predicted molar refractivity (Wildman–Crippen MR) is 78.6 cm³/mol. The Hall–Kier alpha value is -0.730. The first-order chi connectivity index (χ1) is 8.78. The van der Waals surface area contributed by atoms with Crippen LogP contribution < -0.4 is 0 Å². The monoisotopic (exact) mass is 262 g/mol. The van der Waals surface area contributed by atoms with Crippen molar-refractivity contribution in [3.63, 3.8) is 0 Å². The molecule has 0 saturated heterocycles. The van der Waals surface area contributed by atoms with Crippen molar-refractivity contribution in [3.8, 4) is 0 Å². The summed E-state index contributed by atoms with van der Waals surface area (Å²) in [6.07, 6.45) is 7.29. The summed E-state index contributed by atoms with van der Waals surface area (Å²) >= 11 is 1.51. The molecule has 0 spiro atoms. The van der Waals surface area contributed by atoms with Crippen molar-refractivity contribution in [1.29, 1.82) is 0 Å². The first-order valence-corrected chi connectivity index (χ1v) is 7.51. The van der Waals surface area contributed by atoms with Crippen LogP contribution in [0.5, 0.6) is 0 Å². The molecule has 1 fully saturated rings. The van der Waals surface area contributed by atoms with Gasteiger partial charge in [-0.3, -0.25) is 0 Å². The molecule has 0 radical (unpaired) electrons. The van der Waals surface area contributed by atoms with E-state index in [1.165, 1.54) is 48.2 Å². The molecule has 1 nitrogen and oxygen atoms in total. The molecule has 2 rings (SSSR count). The van der Waals surface area contributed by atoms with Crippen LogP contribution in [0.3, 0.4) is 0 Å². The van der Waals surface area contributed by atoms with Crippen molar-refractivity contribution in [2.75, 3.05) is 6.61 Å². The average Bonchev–Trinajstić information content (AvgIpc) is 2.41. The second kappa shape index (κ2) is 7.01. The highest BCUT2D eigenvalue weighted by atomic mass is 32.2. The van der Waals surface area contributed by atoms with Gasteiger partial charge < -0.3 is 4.18 Å². The average molecular weight is 262 g/mol. The lowest BCUT2D eigenvalue weighted by atomic mass is 9.82. The van der Waals surface area contributed by atoms with Gasteiger partial charge in [-0.15, -0.1) is 6.58 Å². The largest absolute Gasteiger partial charge is 0.310 e. The van der Waals surface area contributed by atoms with Gasteiger partial charge in [0.1, 0.15) is 0 Å². The molecule has 18 heavy (non-hydrogen) atoms. The van der Waals surface area contributed by atoms with E-state index in [1.807, 2.05) is 0 Å². The van der Waals surface area contributed by atoms with Crippen LogP contribution in [-0.4, -0.2) is 6.61 Å². The van der Waals surface area contributed by atoms with Crippen LogP contribution in [0.4, 0.5) is 0 Å². The summed E-state index contributed by atoms with van der Waals surface area (Å²) in [5.41, 5.74) is 1.29. The lowest BCUT2D eigenvalue weighted by molar-refractivity contribution is 0.212. The second-order valence-electron chi connectivity index (χ2n) is 5.21. The van der Waals surface area contributed by atoms with E-state index in [4.69, 9.17) is 4.18 Å². The standard InChI is InChI=1S/C16H22OS/c1-3-14-5-4-6-15(11-14)12-17-18-16-9-7-13(2)8-10-16/h3,7-10,14-15H,1,4-6,11-12H2,2H3. The first-order valence-electron chi connectivity index (χ1n) is 6.76. The summed E-state index contributed by atoms with van der Waals surface area (Å²) in [7, 11) is 0. The highest BCUT2D eigenvalue weighted by Gasteiger charge is 2.20. The molecule has 0 N–H and O–H groups in total. The van der Waals surface area contributed by atoms with Crippen molar-refractivity contribution < 1.29 is 4.18 Å². The summed E-state index contributed by atoms with van der Waals surface area (Å²) < 4.78 is 5.77. The Morgan fingerprint density at radius 1 is 1.33 bits per heavy atom. The molecule has 1 saturated carbocycles. The van der Waals surface area contributed by atoms with Gasteiger partial charge in [-0.25, -0.2) is 0 Å². The number of hydrogen-bond acceptors (Lipinski definition) is 2. The van der Waals surface area contributed by atoms with Crippen LogP contribution in [0.1, 0.15) is 31.2 Å². The second-order valence-corrected chi connectivity index (χ2v) is 6.08. The van der Waals surface area contributed by atoms with E-state index in [1.54, 1.807) is 0 Å². The Bertz CT molecular complexity index is 371. The van der Waals surface area contributed by atoms with Gasteiger partial charge in [0, 0.05) is 16.9 Å². The minimum Gasteiger partial charge on any atom is -0.310 e. The zero-order chi connectivity index (χ0) is 12.8. The zero-order valence-electron chi connectivity index (χ0n) is 11.1. The zero-order valence-corrected chi connectivity index (χ0v) is 11.9. The maximum absolute atomic E-state index is 5.77. The molecule has 2 heteroatoms. The third-order valence-electron chi connectivity index (χ3n) is 3.64. The Kier molecular flexibility index (Phi) is 5.33. The Balaban J connectivity index is 1.71. The van der Waals surface area contributed by atoms with E-state index >= 15 is 0 Å². The van der Waals surface area contributed by atoms with Crippen LogP contribution in [0.15, 0.2) is 41.8 Å². The van der Waals surface area contributed by atoms with Gasteiger partial charge in [0.05, 0.1) is 6.61 Å². The summed E-state index contributed by atoms with van der Waals surface area (Å²) in [5, 5.41) is 0. The minimum absolute atomic E-state index is 0.705. The maximum Gasteiger partial charge on any atom is 0.0646 e. The molecule has 98 valence electrons. The molecular weight excluding hydrogens is 240 g/mol. The Labute approximate surface area is 115 Å². The predicted octanol–water partition coefficient (Wildman–Crippen LogP) is 5.01. The molecule has 1 aromatic rings. The minimum atomic E-state index is 0.705. The highest BCUT2D eigenvalue weighted by Crippen LogP contribution is 2.31. The number of benzene rings is 1. The Morgan fingerprint density at radius 3 is 2.83 bits per heavy atom. The van der Waals surface area contributed by atoms with Crippen molar-refractivity contribution >= 4 is 12.0 Å². The lowest BCUT2D eigenvalue weighted by Gasteiger charge is -2.26. The van der Waals surface area contributed by atoms with Gasteiger partial charge >= 0.3 is 0 Å². The molecule has 2 atom stereocenters. The molecule has 0 amide bonds. The quantitative estimate of drug-likeness (QED) is 0.545. The van der Waals surface area contributed by atoms with E-state index in [-0.39, 0.29) is 0 Å². The molecule has 0 aliphatic heterocycles. The molecule has 1 aliphatic carbocycles. The smallest absolute Gasteiger partial charge is 0.0646 e.